The van der Waals surface area contributed by atoms with Gasteiger partial charge in [-0.1, -0.05) is 78.5 Å². The van der Waals surface area contributed by atoms with Crippen LogP contribution < -0.4 is 0 Å². The topological polar surface area (TPSA) is 9.23 Å². The normalized spacial score (nSPS) is 10.7. The van der Waals surface area contributed by atoms with E-state index in [-0.39, 0.29) is 0 Å². The molecular formula is C19H20OS2. The Balaban J connectivity index is 1.55. The first kappa shape index (κ1) is 16.8. The molecule has 0 aliphatic rings. The molecule has 0 aliphatic carbocycles. The number of rotatable bonds is 7. The van der Waals surface area contributed by atoms with E-state index in [1.54, 1.807) is 11.8 Å². The summed E-state index contributed by atoms with van der Waals surface area (Å²) in [5, 5.41) is 0. The van der Waals surface area contributed by atoms with E-state index >= 15 is 0 Å². The minimum absolute atomic E-state index is 0.527. The Kier molecular flexibility index (Phi) is 7.78. The number of thiocarbonyl (C=S) groups is 1. The van der Waals surface area contributed by atoms with Crippen molar-refractivity contribution in [2.75, 3.05) is 12.4 Å². The first-order valence-corrected chi connectivity index (χ1v) is 8.79. The fourth-order valence-electron chi connectivity index (χ4n) is 1.98. The predicted octanol–water partition coefficient (Wildman–Crippen LogP) is 5.37. The van der Waals surface area contributed by atoms with Crippen LogP contribution in [0.1, 0.15) is 17.5 Å². The van der Waals surface area contributed by atoms with Crippen LogP contribution in [0.3, 0.4) is 0 Å². The molecule has 0 aliphatic heterocycles. The van der Waals surface area contributed by atoms with Gasteiger partial charge in [-0.25, -0.2) is 0 Å². The molecule has 0 saturated carbocycles. The minimum atomic E-state index is 0.527. The molecule has 0 fully saturated rings. The van der Waals surface area contributed by atoms with Gasteiger partial charge in [-0.05, 0) is 42.3 Å². The van der Waals surface area contributed by atoms with E-state index in [9.17, 15) is 0 Å². The molecular weight excluding hydrogens is 308 g/mol. The van der Waals surface area contributed by atoms with Crippen LogP contribution in [0.2, 0.25) is 0 Å². The van der Waals surface area contributed by atoms with Crippen LogP contribution in [-0.4, -0.2) is 16.7 Å². The Morgan fingerprint density at radius 1 is 1.00 bits per heavy atom. The molecule has 3 heteroatoms. The lowest BCUT2D eigenvalue weighted by atomic mass is 10.1. The molecule has 0 radical (unpaired) electrons. The maximum atomic E-state index is 5.52. The number of aryl methyl sites for hydroxylation is 1. The molecule has 0 N–H and O–H groups in total. The average molecular weight is 329 g/mol. The molecule has 0 unspecified atom stereocenters. The van der Waals surface area contributed by atoms with Gasteiger partial charge in [0.25, 0.3) is 0 Å². The van der Waals surface area contributed by atoms with E-state index in [4.69, 9.17) is 17.0 Å². The second-order valence-corrected chi connectivity index (χ2v) is 6.51. The monoisotopic (exact) mass is 328 g/mol. The quantitative estimate of drug-likeness (QED) is 0.500. The summed E-state index contributed by atoms with van der Waals surface area (Å²) in [6.07, 6.45) is 6.23. The van der Waals surface area contributed by atoms with Crippen molar-refractivity contribution in [1.29, 1.82) is 0 Å². The summed E-state index contributed by atoms with van der Waals surface area (Å²) in [5.74, 6) is 0.996. The van der Waals surface area contributed by atoms with Crippen LogP contribution in [0.25, 0.3) is 6.08 Å². The zero-order valence-electron chi connectivity index (χ0n) is 12.5. The second-order valence-electron chi connectivity index (χ2n) is 4.81. The molecule has 0 aromatic heterocycles. The SMILES string of the molecule is S=C(OC/C=C/c1ccccc1)SCCCc1ccccc1. The highest BCUT2D eigenvalue weighted by Crippen LogP contribution is 2.11. The molecule has 2 aromatic carbocycles. The molecule has 0 atom stereocenters. The Labute approximate surface area is 142 Å². The van der Waals surface area contributed by atoms with Crippen LogP contribution in [0.15, 0.2) is 66.7 Å². The van der Waals surface area contributed by atoms with E-state index in [1.165, 1.54) is 11.1 Å². The molecule has 1 nitrogen and oxygen atoms in total. The summed E-state index contributed by atoms with van der Waals surface area (Å²) in [4.78, 5) is 0. The number of thioether (sulfide) groups is 1. The Hall–Kier alpha value is -1.58. The molecule has 0 heterocycles. The number of hydrogen-bond acceptors (Lipinski definition) is 3. The molecule has 0 bridgehead atoms. The smallest absolute Gasteiger partial charge is 0.220 e. The van der Waals surface area contributed by atoms with Crippen molar-refractivity contribution in [2.45, 2.75) is 12.8 Å². The summed E-state index contributed by atoms with van der Waals surface area (Å²) in [5.41, 5.74) is 2.55. The number of benzene rings is 2. The van der Waals surface area contributed by atoms with Crippen molar-refractivity contribution in [3.05, 3.63) is 77.9 Å². The van der Waals surface area contributed by atoms with Gasteiger partial charge in [0.1, 0.15) is 6.61 Å². The lowest BCUT2D eigenvalue weighted by Crippen LogP contribution is -1.98. The van der Waals surface area contributed by atoms with Crippen LogP contribution in [-0.2, 0) is 11.2 Å². The van der Waals surface area contributed by atoms with Gasteiger partial charge in [-0.3, -0.25) is 0 Å². The van der Waals surface area contributed by atoms with Crippen molar-refractivity contribution in [3.8, 4) is 0 Å². The molecule has 22 heavy (non-hydrogen) atoms. The van der Waals surface area contributed by atoms with Gasteiger partial charge in [-0.2, -0.15) is 0 Å². The summed E-state index contributed by atoms with van der Waals surface area (Å²) in [6, 6.07) is 20.7. The Morgan fingerprint density at radius 3 is 2.41 bits per heavy atom. The maximum absolute atomic E-state index is 5.52. The van der Waals surface area contributed by atoms with Gasteiger partial charge >= 0.3 is 0 Å². The third-order valence-corrected chi connectivity index (χ3v) is 4.40. The maximum Gasteiger partial charge on any atom is 0.220 e. The van der Waals surface area contributed by atoms with Crippen molar-refractivity contribution >= 4 is 34.4 Å². The van der Waals surface area contributed by atoms with Crippen LogP contribution in [0.4, 0.5) is 0 Å². The minimum Gasteiger partial charge on any atom is -0.474 e. The first-order chi connectivity index (χ1) is 10.8. The van der Waals surface area contributed by atoms with Gasteiger partial charge in [0, 0.05) is 5.75 Å². The standard InChI is InChI=1S/C19H20OS2/c21-19(20-15-7-13-17-9-3-1-4-10-17)22-16-8-14-18-11-5-2-6-12-18/h1-7,9-13H,8,14-16H2/b13-7+. The summed E-state index contributed by atoms with van der Waals surface area (Å²) in [7, 11) is 0. The zero-order chi connectivity index (χ0) is 15.5. The highest BCUT2D eigenvalue weighted by atomic mass is 32.2. The van der Waals surface area contributed by atoms with Crippen LogP contribution in [0.5, 0.6) is 0 Å². The van der Waals surface area contributed by atoms with Gasteiger partial charge in [0.15, 0.2) is 0 Å². The molecule has 0 amide bonds. The third-order valence-electron chi connectivity index (χ3n) is 3.08. The highest BCUT2D eigenvalue weighted by molar-refractivity contribution is 8.22. The van der Waals surface area contributed by atoms with Gasteiger partial charge < -0.3 is 4.74 Å². The molecule has 2 rings (SSSR count). The van der Waals surface area contributed by atoms with E-state index < -0.39 is 0 Å². The second kappa shape index (κ2) is 10.2. The molecule has 2 aromatic rings. The predicted molar refractivity (Wildman–Crippen MR) is 101 cm³/mol. The molecule has 114 valence electrons. The van der Waals surface area contributed by atoms with Crippen LogP contribution in [0, 0.1) is 0 Å². The Bertz CT molecular complexity index is 579. The number of hydrogen-bond donors (Lipinski definition) is 0. The highest BCUT2D eigenvalue weighted by Gasteiger charge is 1.98. The van der Waals surface area contributed by atoms with Gasteiger partial charge in [0.05, 0.1) is 0 Å². The van der Waals surface area contributed by atoms with Gasteiger partial charge in [0.2, 0.25) is 4.38 Å². The van der Waals surface area contributed by atoms with E-state index in [0.29, 0.717) is 11.0 Å². The fourth-order valence-corrected chi connectivity index (χ4v) is 2.91. The average Bonchev–Trinajstić information content (AvgIpc) is 2.57. The molecule has 0 spiro atoms. The third kappa shape index (κ3) is 6.92. The zero-order valence-corrected chi connectivity index (χ0v) is 14.1. The molecule has 0 saturated heterocycles. The van der Waals surface area contributed by atoms with Crippen molar-refractivity contribution in [3.63, 3.8) is 0 Å². The van der Waals surface area contributed by atoms with E-state index in [0.717, 1.165) is 18.6 Å². The van der Waals surface area contributed by atoms with Crippen LogP contribution >= 0.6 is 24.0 Å². The first-order valence-electron chi connectivity index (χ1n) is 7.39. The van der Waals surface area contributed by atoms with Crippen molar-refractivity contribution in [2.24, 2.45) is 0 Å². The summed E-state index contributed by atoms with van der Waals surface area (Å²) in [6.45, 7) is 0.527. The van der Waals surface area contributed by atoms with Crippen molar-refractivity contribution in [1.82, 2.24) is 0 Å². The summed E-state index contributed by atoms with van der Waals surface area (Å²) >= 11 is 6.84. The number of ether oxygens (including phenoxy) is 1. The van der Waals surface area contributed by atoms with E-state index in [2.05, 4.69) is 36.4 Å². The van der Waals surface area contributed by atoms with Gasteiger partial charge in [-0.15, -0.1) is 0 Å². The van der Waals surface area contributed by atoms with Crippen molar-refractivity contribution < 1.29 is 4.74 Å². The summed E-state index contributed by atoms with van der Waals surface area (Å²) < 4.78 is 6.15. The fraction of sp³-hybridized carbons (Fsp3) is 0.211. The van der Waals surface area contributed by atoms with E-state index in [1.807, 2.05) is 36.4 Å². The lowest BCUT2D eigenvalue weighted by Gasteiger charge is -2.04. The lowest BCUT2D eigenvalue weighted by molar-refractivity contribution is 0.371. The largest absolute Gasteiger partial charge is 0.474 e. The Morgan fingerprint density at radius 2 is 1.68 bits per heavy atom.